The predicted molar refractivity (Wildman–Crippen MR) is 86.3 cm³/mol. The third-order valence-electron chi connectivity index (χ3n) is 3.93. The normalized spacial score (nSPS) is 18.4. The number of imidazole rings is 1. The lowest BCUT2D eigenvalue weighted by atomic mass is 10.1. The van der Waals surface area contributed by atoms with Crippen LogP contribution in [0.5, 0.6) is 0 Å². The molecule has 136 valence electrons. The molecule has 7 nitrogen and oxygen atoms in total. The van der Waals surface area contributed by atoms with E-state index in [0.29, 0.717) is 12.8 Å². The molecule has 0 aliphatic carbocycles. The van der Waals surface area contributed by atoms with Crippen LogP contribution in [0.3, 0.4) is 0 Å². The number of anilines is 1. The summed E-state index contributed by atoms with van der Waals surface area (Å²) in [5, 5.41) is 0. The van der Waals surface area contributed by atoms with Crippen LogP contribution < -0.4 is 10.6 Å². The van der Waals surface area contributed by atoms with E-state index in [0.717, 1.165) is 11.8 Å². The monoisotopic (exact) mass is 365 g/mol. The fourth-order valence-electron chi connectivity index (χ4n) is 2.74. The lowest BCUT2D eigenvalue weighted by molar-refractivity contribution is -0.169. The molecule has 26 heavy (non-hydrogen) atoms. The summed E-state index contributed by atoms with van der Waals surface area (Å²) in [7, 11) is 0. The summed E-state index contributed by atoms with van der Waals surface area (Å²) in [5.74, 6) is -3.02. The van der Waals surface area contributed by atoms with Crippen LogP contribution in [0.2, 0.25) is 0 Å². The number of hydrogen-bond acceptors (Lipinski definition) is 3. The first kappa shape index (κ1) is 17.6. The number of alkyl halides is 3. The van der Waals surface area contributed by atoms with E-state index in [-0.39, 0.29) is 23.6 Å². The van der Waals surface area contributed by atoms with Crippen molar-refractivity contribution in [3.05, 3.63) is 47.8 Å². The first-order chi connectivity index (χ1) is 12.3. The van der Waals surface area contributed by atoms with Gasteiger partial charge in [-0.3, -0.25) is 14.5 Å². The topological polar surface area (TPSA) is 104 Å². The van der Waals surface area contributed by atoms with Crippen molar-refractivity contribution in [2.45, 2.75) is 25.1 Å². The molecule has 1 aliphatic rings. The summed E-state index contributed by atoms with van der Waals surface area (Å²) < 4.78 is 36.8. The molecule has 2 heterocycles. The number of amides is 2. The second kappa shape index (κ2) is 6.62. The van der Waals surface area contributed by atoms with Gasteiger partial charge in [-0.05, 0) is 12.0 Å². The maximum atomic E-state index is 12.3. The number of nitrogens with zero attached hydrogens (tertiary/aromatic N) is 3. The molecule has 1 saturated heterocycles. The van der Waals surface area contributed by atoms with Gasteiger partial charge in [-0.15, -0.1) is 0 Å². The number of aromatic nitrogens is 2. The van der Waals surface area contributed by atoms with Crippen molar-refractivity contribution in [2.24, 2.45) is 10.7 Å². The zero-order valence-corrected chi connectivity index (χ0v) is 13.3. The molecule has 10 heteroatoms. The third kappa shape index (κ3) is 3.44. The van der Waals surface area contributed by atoms with Crippen molar-refractivity contribution in [3.63, 3.8) is 0 Å². The van der Waals surface area contributed by atoms with Gasteiger partial charge < -0.3 is 10.7 Å². The molecule has 1 unspecified atom stereocenters. The Balaban J connectivity index is 1.87. The Morgan fingerprint density at radius 1 is 1.31 bits per heavy atom. The molecule has 1 fully saturated rings. The van der Waals surface area contributed by atoms with E-state index < -0.39 is 17.9 Å². The van der Waals surface area contributed by atoms with Crippen molar-refractivity contribution in [2.75, 3.05) is 4.90 Å². The number of H-pyrrole nitrogens is 1. The van der Waals surface area contributed by atoms with Gasteiger partial charge in [0.25, 0.3) is 0 Å². The number of carbonyl (C=O) groups excluding carboxylic acids is 2. The number of aliphatic imine (C=N–C) groups is 1. The first-order valence-corrected chi connectivity index (χ1v) is 7.65. The minimum atomic E-state index is -5.11. The Kier molecular flexibility index (Phi) is 4.49. The van der Waals surface area contributed by atoms with Crippen LogP contribution in [0.25, 0.3) is 0 Å². The molecule has 1 atom stereocenters. The number of nitrogens with two attached hydrogens (primary N) is 1. The highest BCUT2D eigenvalue weighted by atomic mass is 19.4. The van der Waals surface area contributed by atoms with Crippen molar-refractivity contribution in [1.82, 2.24) is 9.97 Å². The number of halogens is 3. The van der Waals surface area contributed by atoms with E-state index >= 15 is 0 Å². The van der Waals surface area contributed by atoms with Gasteiger partial charge in [-0.2, -0.15) is 18.2 Å². The van der Waals surface area contributed by atoms with E-state index in [2.05, 4.69) is 15.0 Å². The molecule has 3 rings (SSSR count). The minimum Gasteiger partial charge on any atom is -0.382 e. The molecule has 1 aromatic carbocycles. The standard InChI is InChI=1S/C16H14F3N5O2/c17-16(18,19)14(26)23-13(20)10-8-21-15(22-10)24-11(6-7-12(24)25)9-4-2-1-3-5-9/h1-5,8,11H,6-7H2,(H,21,22)(H2,20,23,26). The summed E-state index contributed by atoms with van der Waals surface area (Å²) in [6.45, 7) is 0. The lowest BCUT2D eigenvalue weighted by Crippen LogP contribution is -2.28. The van der Waals surface area contributed by atoms with Gasteiger partial charge >= 0.3 is 12.1 Å². The van der Waals surface area contributed by atoms with Crippen molar-refractivity contribution >= 4 is 23.6 Å². The number of nitrogens with one attached hydrogen (secondary N) is 1. The minimum absolute atomic E-state index is 0.0795. The molecule has 0 bridgehead atoms. The second-order valence-corrected chi connectivity index (χ2v) is 5.65. The fourth-order valence-corrected chi connectivity index (χ4v) is 2.74. The summed E-state index contributed by atoms with van der Waals surface area (Å²) in [4.78, 5) is 34.1. The van der Waals surface area contributed by atoms with Gasteiger partial charge in [0.2, 0.25) is 11.9 Å². The maximum absolute atomic E-state index is 12.3. The molecule has 0 radical (unpaired) electrons. The van der Waals surface area contributed by atoms with Crippen LogP contribution in [-0.2, 0) is 9.59 Å². The molecular formula is C16H14F3N5O2. The maximum Gasteiger partial charge on any atom is 0.473 e. The van der Waals surface area contributed by atoms with Crippen LogP contribution in [0.4, 0.5) is 19.1 Å². The molecular weight excluding hydrogens is 351 g/mol. The van der Waals surface area contributed by atoms with E-state index in [1.54, 1.807) is 0 Å². The molecule has 0 spiro atoms. The zero-order chi connectivity index (χ0) is 18.9. The summed E-state index contributed by atoms with van der Waals surface area (Å²) in [6, 6.07) is 9.03. The van der Waals surface area contributed by atoms with Gasteiger partial charge in [-0.25, -0.2) is 4.98 Å². The Labute approximate surface area is 145 Å². The molecule has 0 saturated carbocycles. The quantitative estimate of drug-likeness (QED) is 0.642. The Morgan fingerprint density at radius 3 is 2.65 bits per heavy atom. The number of benzene rings is 1. The van der Waals surface area contributed by atoms with Crippen LogP contribution in [0.1, 0.15) is 30.1 Å². The summed E-state index contributed by atoms with van der Waals surface area (Å²) in [5.41, 5.74) is 6.27. The van der Waals surface area contributed by atoms with Gasteiger partial charge in [0.05, 0.1) is 12.2 Å². The fraction of sp³-hybridized carbons (Fsp3) is 0.250. The molecule has 2 amide bonds. The number of carbonyl (C=O) groups is 2. The van der Waals surface area contributed by atoms with Crippen molar-refractivity contribution in [1.29, 1.82) is 0 Å². The number of rotatable bonds is 3. The predicted octanol–water partition coefficient (Wildman–Crippen LogP) is 2.07. The molecule has 1 aromatic heterocycles. The van der Waals surface area contributed by atoms with Crippen molar-refractivity contribution in [3.8, 4) is 0 Å². The number of amidine groups is 1. The van der Waals surface area contributed by atoms with Crippen molar-refractivity contribution < 1.29 is 22.8 Å². The van der Waals surface area contributed by atoms with Gasteiger partial charge in [0, 0.05) is 6.42 Å². The van der Waals surface area contributed by atoms with E-state index in [1.165, 1.54) is 4.90 Å². The van der Waals surface area contributed by atoms with E-state index in [9.17, 15) is 22.8 Å². The number of hydrogen-bond donors (Lipinski definition) is 2. The highest BCUT2D eigenvalue weighted by Gasteiger charge is 2.39. The average molecular weight is 365 g/mol. The third-order valence-corrected chi connectivity index (χ3v) is 3.93. The highest BCUT2D eigenvalue weighted by Crippen LogP contribution is 2.35. The summed E-state index contributed by atoms with van der Waals surface area (Å²) in [6.07, 6.45) is -3.09. The average Bonchev–Trinajstić information content (AvgIpc) is 3.21. The van der Waals surface area contributed by atoms with Crippen LogP contribution in [0.15, 0.2) is 41.5 Å². The first-order valence-electron chi connectivity index (χ1n) is 7.65. The Hall–Kier alpha value is -3.17. The van der Waals surface area contributed by atoms with E-state index in [1.807, 2.05) is 30.3 Å². The Bertz CT molecular complexity index is 860. The van der Waals surface area contributed by atoms with Crippen LogP contribution >= 0.6 is 0 Å². The SMILES string of the molecule is NC(=NC(=O)C(F)(F)F)c1cnc(N2C(=O)CCC2c2ccccc2)[nH]1. The smallest absolute Gasteiger partial charge is 0.382 e. The molecule has 1 aliphatic heterocycles. The lowest BCUT2D eigenvalue weighted by Gasteiger charge is -2.22. The van der Waals surface area contributed by atoms with E-state index in [4.69, 9.17) is 5.73 Å². The van der Waals surface area contributed by atoms with Crippen LogP contribution in [-0.4, -0.2) is 33.8 Å². The van der Waals surface area contributed by atoms with Gasteiger partial charge in [0.1, 0.15) is 5.69 Å². The highest BCUT2D eigenvalue weighted by molar-refractivity contribution is 6.04. The summed E-state index contributed by atoms with van der Waals surface area (Å²) >= 11 is 0. The molecule has 3 N–H and O–H groups in total. The second-order valence-electron chi connectivity index (χ2n) is 5.65. The number of aromatic amines is 1. The molecule has 2 aromatic rings. The van der Waals surface area contributed by atoms with Gasteiger partial charge in [0.15, 0.2) is 5.84 Å². The Morgan fingerprint density at radius 2 is 2.00 bits per heavy atom. The van der Waals surface area contributed by atoms with Crippen LogP contribution in [0, 0.1) is 0 Å². The largest absolute Gasteiger partial charge is 0.473 e. The zero-order valence-electron chi connectivity index (χ0n) is 13.3. The van der Waals surface area contributed by atoms with Gasteiger partial charge in [-0.1, -0.05) is 30.3 Å².